The third-order valence-corrected chi connectivity index (χ3v) is 4.69. The number of hydrogen-bond acceptors (Lipinski definition) is 4. The second-order valence-corrected chi connectivity index (χ2v) is 6.41. The van der Waals surface area contributed by atoms with Gasteiger partial charge < -0.3 is 5.32 Å². The molecule has 0 fully saturated rings. The maximum absolute atomic E-state index is 13.0. The van der Waals surface area contributed by atoms with Gasteiger partial charge in [-0.1, -0.05) is 48.2 Å². The first-order valence-corrected chi connectivity index (χ1v) is 9.32. The van der Waals surface area contributed by atoms with Crippen molar-refractivity contribution < 1.29 is 4.79 Å². The minimum atomic E-state index is -0.222. The lowest BCUT2D eigenvalue weighted by Gasteiger charge is -2.12. The summed E-state index contributed by atoms with van der Waals surface area (Å²) >= 11 is 1.50. The zero-order valence-corrected chi connectivity index (χ0v) is 14.9. The molecule has 2 heterocycles. The number of aromatic nitrogens is 3. The molecule has 128 valence electrons. The molecule has 5 nitrogen and oxygen atoms in total. The SMILES string of the molecule is CSc1ncc(C(=O)Nc2cccc3cccnc23)n1-c1ccccc1. The van der Waals surface area contributed by atoms with Crippen molar-refractivity contribution in [3.05, 3.63) is 78.8 Å². The summed E-state index contributed by atoms with van der Waals surface area (Å²) in [4.78, 5) is 21.7. The second-order valence-electron chi connectivity index (χ2n) is 5.64. The molecule has 0 aliphatic heterocycles. The minimum Gasteiger partial charge on any atom is -0.319 e. The van der Waals surface area contributed by atoms with Crippen LogP contribution in [0.3, 0.4) is 0 Å². The Labute approximate surface area is 155 Å². The molecule has 1 amide bonds. The second kappa shape index (κ2) is 7.01. The first kappa shape index (κ1) is 16.4. The van der Waals surface area contributed by atoms with Gasteiger partial charge in [-0.3, -0.25) is 14.3 Å². The third kappa shape index (κ3) is 2.95. The molecule has 0 aliphatic carbocycles. The number of amides is 1. The van der Waals surface area contributed by atoms with E-state index in [0.717, 1.165) is 21.7 Å². The van der Waals surface area contributed by atoms with Gasteiger partial charge in [0.05, 0.1) is 17.4 Å². The zero-order valence-electron chi connectivity index (χ0n) is 14.1. The number of rotatable bonds is 4. The highest BCUT2D eigenvalue weighted by atomic mass is 32.2. The fourth-order valence-corrected chi connectivity index (χ4v) is 3.40. The molecule has 2 aromatic carbocycles. The predicted octanol–water partition coefficient (Wildman–Crippen LogP) is 4.39. The molecule has 0 bridgehead atoms. The van der Waals surface area contributed by atoms with Crippen molar-refractivity contribution in [2.75, 3.05) is 11.6 Å². The van der Waals surface area contributed by atoms with Crippen LogP contribution in [0.25, 0.3) is 16.6 Å². The van der Waals surface area contributed by atoms with Crippen LogP contribution in [0.5, 0.6) is 0 Å². The predicted molar refractivity (Wildman–Crippen MR) is 105 cm³/mol. The Balaban J connectivity index is 1.74. The molecule has 0 unspecified atom stereocenters. The lowest BCUT2D eigenvalue weighted by atomic mass is 10.2. The average molecular weight is 360 g/mol. The molecule has 0 aliphatic rings. The maximum atomic E-state index is 13.0. The van der Waals surface area contributed by atoms with E-state index in [-0.39, 0.29) is 5.91 Å². The smallest absolute Gasteiger partial charge is 0.274 e. The molecule has 1 N–H and O–H groups in total. The molecule has 2 aromatic heterocycles. The van der Waals surface area contributed by atoms with Gasteiger partial charge in [0.2, 0.25) is 0 Å². The van der Waals surface area contributed by atoms with Gasteiger partial charge in [-0.2, -0.15) is 0 Å². The van der Waals surface area contributed by atoms with Gasteiger partial charge in [0.25, 0.3) is 5.91 Å². The van der Waals surface area contributed by atoms with E-state index in [0.29, 0.717) is 11.4 Å². The lowest BCUT2D eigenvalue weighted by molar-refractivity contribution is 0.102. The summed E-state index contributed by atoms with van der Waals surface area (Å²) in [6.45, 7) is 0. The summed E-state index contributed by atoms with van der Waals surface area (Å²) in [7, 11) is 0. The molecule has 26 heavy (non-hydrogen) atoms. The van der Waals surface area contributed by atoms with Crippen molar-refractivity contribution in [3.8, 4) is 5.69 Å². The standard InChI is InChI=1S/C20H16N4OS/c1-26-20-22-13-17(24(20)15-9-3-2-4-10-15)19(25)23-16-11-5-7-14-8-6-12-21-18(14)16/h2-13H,1H3,(H,23,25). The monoisotopic (exact) mass is 360 g/mol. The molecule has 0 radical (unpaired) electrons. The molecule has 4 aromatic rings. The maximum Gasteiger partial charge on any atom is 0.274 e. The van der Waals surface area contributed by atoms with Crippen LogP contribution in [0.15, 0.2) is 78.2 Å². The Bertz CT molecular complexity index is 1070. The Kier molecular flexibility index (Phi) is 4.41. The largest absolute Gasteiger partial charge is 0.319 e. The molecule has 0 spiro atoms. The highest BCUT2D eigenvalue weighted by molar-refractivity contribution is 7.98. The molecular formula is C20H16N4OS. The van der Waals surface area contributed by atoms with Gasteiger partial charge in [0.1, 0.15) is 5.69 Å². The van der Waals surface area contributed by atoms with Crippen molar-refractivity contribution in [3.63, 3.8) is 0 Å². The average Bonchev–Trinajstić information content (AvgIpc) is 3.13. The number of benzene rings is 2. The van der Waals surface area contributed by atoms with Crippen LogP contribution in [-0.4, -0.2) is 26.7 Å². The van der Waals surface area contributed by atoms with Crippen LogP contribution >= 0.6 is 11.8 Å². The number of thioether (sulfide) groups is 1. The number of nitrogens with zero attached hydrogens (tertiary/aromatic N) is 3. The van der Waals surface area contributed by atoms with Crippen LogP contribution in [0, 0.1) is 0 Å². The number of hydrogen-bond donors (Lipinski definition) is 1. The number of nitrogens with one attached hydrogen (secondary N) is 1. The first-order chi connectivity index (χ1) is 12.8. The van der Waals surface area contributed by atoms with Gasteiger partial charge in [0.15, 0.2) is 5.16 Å². The fraction of sp³-hybridized carbons (Fsp3) is 0.0500. The minimum absolute atomic E-state index is 0.222. The van der Waals surface area contributed by atoms with Crippen LogP contribution in [0.1, 0.15) is 10.5 Å². The molecule has 6 heteroatoms. The Morgan fingerprint density at radius 2 is 1.81 bits per heavy atom. The molecule has 0 saturated carbocycles. The van der Waals surface area contributed by atoms with E-state index in [4.69, 9.17) is 0 Å². The van der Waals surface area contributed by atoms with Crippen molar-refractivity contribution in [2.45, 2.75) is 5.16 Å². The van der Waals surface area contributed by atoms with E-state index in [1.54, 1.807) is 12.4 Å². The summed E-state index contributed by atoms with van der Waals surface area (Å²) in [6.07, 6.45) is 5.27. The molecule has 0 atom stereocenters. The highest BCUT2D eigenvalue weighted by Gasteiger charge is 2.18. The third-order valence-electron chi connectivity index (χ3n) is 4.04. The molecular weight excluding hydrogens is 344 g/mol. The Hall–Kier alpha value is -3.12. The van der Waals surface area contributed by atoms with Gasteiger partial charge in [-0.15, -0.1) is 0 Å². The summed E-state index contributed by atoms with van der Waals surface area (Å²) in [5.74, 6) is -0.222. The number of carbonyl (C=O) groups is 1. The van der Waals surface area contributed by atoms with E-state index in [2.05, 4.69) is 15.3 Å². The highest BCUT2D eigenvalue weighted by Crippen LogP contribution is 2.24. The van der Waals surface area contributed by atoms with E-state index in [1.165, 1.54) is 11.8 Å². The van der Waals surface area contributed by atoms with Gasteiger partial charge >= 0.3 is 0 Å². The summed E-state index contributed by atoms with van der Waals surface area (Å²) in [6, 6.07) is 19.3. The lowest BCUT2D eigenvalue weighted by Crippen LogP contribution is -2.17. The van der Waals surface area contributed by atoms with E-state index in [1.807, 2.05) is 71.5 Å². The number of pyridine rings is 1. The first-order valence-electron chi connectivity index (χ1n) is 8.10. The van der Waals surface area contributed by atoms with E-state index in [9.17, 15) is 4.79 Å². The summed E-state index contributed by atoms with van der Waals surface area (Å²) in [5, 5.41) is 4.72. The van der Waals surface area contributed by atoms with Gasteiger partial charge in [-0.25, -0.2) is 4.98 Å². The molecule has 4 rings (SSSR count). The van der Waals surface area contributed by atoms with Crippen LogP contribution in [0.2, 0.25) is 0 Å². The fourth-order valence-electron chi connectivity index (χ4n) is 2.86. The van der Waals surface area contributed by atoms with Crippen molar-refractivity contribution in [1.82, 2.24) is 14.5 Å². The normalized spacial score (nSPS) is 10.8. The van der Waals surface area contributed by atoms with Crippen molar-refractivity contribution in [1.29, 1.82) is 0 Å². The van der Waals surface area contributed by atoms with Crippen molar-refractivity contribution >= 4 is 34.3 Å². The number of fused-ring (bicyclic) bond motifs is 1. The summed E-state index contributed by atoms with van der Waals surface area (Å²) < 4.78 is 1.86. The number of para-hydroxylation sites is 2. The zero-order chi connectivity index (χ0) is 17.9. The van der Waals surface area contributed by atoms with Gasteiger partial charge in [0, 0.05) is 17.3 Å². The Morgan fingerprint density at radius 1 is 1.00 bits per heavy atom. The Morgan fingerprint density at radius 3 is 2.62 bits per heavy atom. The van der Waals surface area contributed by atoms with Gasteiger partial charge in [-0.05, 0) is 30.5 Å². The number of carbonyl (C=O) groups excluding carboxylic acids is 1. The topological polar surface area (TPSA) is 59.8 Å². The van der Waals surface area contributed by atoms with Crippen LogP contribution in [0.4, 0.5) is 5.69 Å². The van der Waals surface area contributed by atoms with Crippen LogP contribution in [-0.2, 0) is 0 Å². The number of imidazole rings is 1. The summed E-state index contributed by atoms with van der Waals surface area (Å²) in [5.41, 5.74) is 2.82. The van der Waals surface area contributed by atoms with E-state index >= 15 is 0 Å². The van der Waals surface area contributed by atoms with Crippen molar-refractivity contribution in [2.24, 2.45) is 0 Å². The van der Waals surface area contributed by atoms with E-state index < -0.39 is 0 Å². The van der Waals surface area contributed by atoms with Crippen LogP contribution < -0.4 is 5.32 Å². The quantitative estimate of drug-likeness (QED) is 0.548. The number of anilines is 1. The molecule has 0 saturated heterocycles.